The monoisotopic (exact) mass is 330 g/mol. The van der Waals surface area contributed by atoms with Crippen LogP contribution in [0.4, 0.5) is 0 Å². The molecular formula is C20H30N2O2. The number of carbonyl (C=O) groups is 1. The molecule has 0 bridgehead atoms. The fourth-order valence-electron chi connectivity index (χ4n) is 3.20. The van der Waals surface area contributed by atoms with Crippen molar-refractivity contribution in [3.05, 3.63) is 35.1 Å². The Balaban J connectivity index is 1.95. The molecule has 0 fully saturated rings. The van der Waals surface area contributed by atoms with E-state index in [-0.39, 0.29) is 5.91 Å². The van der Waals surface area contributed by atoms with Gasteiger partial charge in [-0.25, -0.2) is 0 Å². The van der Waals surface area contributed by atoms with E-state index < -0.39 is 0 Å². The van der Waals surface area contributed by atoms with Crippen molar-refractivity contribution in [2.75, 3.05) is 13.1 Å². The number of fused-ring (bicyclic) bond motifs is 1. The Labute approximate surface area is 145 Å². The normalized spacial score (nSPS) is 11.9. The van der Waals surface area contributed by atoms with Gasteiger partial charge >= 0.3 is 0 Å². The number of furan rings is 1. The summed E-state index contributed by atoms with van der Waals surface area (Å²) in [4.78, 5) is 14.6. The van der Waals surface area contributed by atoms with E-state index >= 15 is 0 Å². The fraction of sp³-hybridized carbons (Fsp3) is 0.550. The van der Waals surface area contributed by atoms with E-state index in [0.717, 1.165) is 28.6 Å². The molecule has 0 aliphatic carbocycles. The molecule has 1 aromatic heterocycles. The van der Waals surface area contributed by atoms with Crippen molar-refractivity contribution in [1.29, 1.82) is 0 Å². The first-order valence-electron chi connectivity index (χ1n) is 8.80. The minimum absolute atomic E-state index is 0.0448. The van der Waals surface area contributed by atoms with Gasteiger partial charge in [0.05, 0.1) is 12.7 Å². The van der Waals surface area contributed by atoms with Crippen LogP contribution < -0.4 is 5.32 Å². The molecule has 0 unspecified atom stereocenters. The molecule has 1 aromatic carbocycles. The standard InChI is InChI=1S/C20H30N2O2/c1-13(2)22(14(3)4)10-9-21-19(23)11-17-12-24-20-16(6)15(5)7-8-18(17)20/h7-8,12-14H,9-11H2,1-6H3,(H,21,23). The first kappa shape index (κ1) is 18.5. The lowest BCUT2D eigenvalue weighted by Gasteiger charge is -2.30. The summed E-state index contributed by atoms with van der Waals surface area (Å²) in [5.41, 5.74) is 4.19. The molecule has 2 aromatic rings. The van der Waals surface area contributed by atoms with Gasteiger partial charge < -0.3 is 9.73 Å². The highest BCUT2D eigenvalue weighted by molar-refractivity contribution is 5.89. The van der Waals surface area contributed by atoms with E-state index in [0.29, 0.717) is 25.0 Å². The van der Waals surface area contributed by atoms with Gasteiger partial charge in [-0.3, -0.25) is 9.69 Å². The highest BCUT2D eigenvalue weighted by atomic mass is 16.3. The predicted octanol–water partition coefficient (Wildman–Crippen LogP) is 3.83. The van der Waals surface area contributed by atoms with Gasteiger partial charge in [0.15, 0.2) is 0 Å². The fourth-order valence-corrected chi connectivity index (χ4v) is 3.20. The molecule has 1 heterocycles. The van der Waals surface area contributed by atoms with E-state index in [9.17, 15) is 4.79 Å². The van der Waals surface area contributed by atoms with E-state index in [1.165, 1.54) is 5.56 Å². The lowest BCUT2D eigenvalue weighted by atomic mass is 10.0. The zero-order chi connectivity index (χ0) is 17.9. The number of rotatable bonds is 7. The first-order chi connectivity index (χ1) is 11.3. The molecule has 0 saturated carbocycles. The van der Waals surface area contributed by atoms with Crippen LogP contribution in [0.25, 0.3) is 11.0 Å². The van der Waals surface area contributed by atoms with Crippen molar-refractivity contribution in [3.63, 3.8) is 0 Å². The van der Waals surface area contributed by atoms with Gasteiger partial charge in [0.2, 0.25) is 5.91 Å². The largest absolute Gasteiger partial charge is 0.464 e. The van der Waals surface area contributed by atoms with Gasteiger partial charge in [-0.1, -0.05) is 12.1 Å². The number of aryl methyl sites for hydroxylation is 2. The number of carbonyl (C=O) groups excluding carboxylic acids is 1. The van der Waals surface area contributed by atoms with Crippen LogP contribution in [0.3, 0.4) is 0 Å². The van der Waals surface area contributed by atoms with Crippen LogP contribution >= 0.6 is 0 Å². The Hall–Kier alpha value is -1.81. The summed E-state index contributed by atoms with van der Waals surface area (Å²) in [7, 11) is 0. The molecule has 2 rings (SSSR count). The lowest BCUT2D eigenvalue weighted by Crippen LogP contribution is -2.42. The Morgan fingerprint density at radius 3 is 2.46 bits per heavy atom. The molecule has 4 heteroatoms. The highest BCUT2D eigenvalue weighted by Crippen LogP contribution is 2.26. The summed E-state index contributed by atoms with van der Waals surface area (Å²) >= 11 is 0. The van der Waals surface area contributed by atoms with Crippen LogP contribution in [-0.4, -0.2) is 36.0 Å². The number of amides is 1. The molecule has 0 spiro atoms. The molecular weight excluding hydrogens is 300 g/mol. The first-order valence-corrected chi connectivity index (χ1v) is 8.80. The number of nitrogens with one attached hydrogen (secondary N) is 1. The second kappa shape index (κ2) is 7.84. The SMILES string of the molecule is Cc1ccc2c(CC(=O)NCCN(C(C)C)C(C)C)coc2c1C. The third kappa shape index (κ3) is 4.18. The van der Waals surface area contributed by atoms with Crippen molar-refractivity contribution in [1.82, 2.24) is 10.2 Å². The summed E-state index contributed by atoms with van der Waals surface area (Å²) in [5.74, 6) is 0.0448. The van der Waals surface area contributed by atoms with Crippen LogP contribution in [0.2, 0.25) is 0 Å². The second-order valence-electron chi connectivity index (χ2n) is 7.10. The summed E-state index contributed by atoms with van der Waals surface area (Å²) in [6, 6.07) is 5.08. The Kier molecular flexibility index (Phi) is 6.05. The zero-order valence-electron chi connectivity index (χ0n) is 15.8. The number of nitrogens with zero attached hydrogens (tertiary/aromatic N) is 1. The second-order valence-corrected chi connectivity index (χ2v) is 7.10. The Morgan fingerprint density at radius 2 is 1.83 bits per heavy atom. The Morgan fingerprint density at radius 1 is 1.17 bits per heavy atom. The zero-order valence-corrected chi connectivity index (χ0v) is 15.8. The lowest BCUT2D eigenvalue weighted by molar-refractivity contribution is -0.120. The van der Waals surface area contributed by atoms with Crippen LogP contribution in [0.1, 0.15) is 44.4 Å². The average molecular weight is 330 g/mol. The van der Waals surface area contributed by atoms with Crippen molar-refractivity contribution in [2.24, 2.45) is 0 Å². The van der Waals surface area contributed by atoms with Crippen LogP contribution in [-0.2, 0) is 11.2 Å². The minimum atomic E-state index is 0.0448. The third-order valence-electron chi connectivity index (χ3n) is 4.71. The molecule has 132 valence electrons. The average Bonchev–Trinajstić information content (AvgIpc) is 2.90. The molecule has 0 aliphatic rings. The van der Waals surface area contributed by atoms with Crippen LogP contribution in [0.15, 0.2) is 22.8 Å². The van der Waals surface area contributed by atoms with E-state index in [1.54, 1.807) is 6.26 Å². The molecule has 1 N–H and O–H groups in total. The maximum atomic E-state index is 12.3. The van der Waals surface area contributed by atoms with E-state index in [4.69, 9.17) is 4.42 Å². The van der Waals surface area contributed by atoms with Gasteiger partial charge in [-0.05, 0) is 52.7 Å². The van der Waals surface area contributed by atoms with Crippen LogP contribution in [0.5, 0.6) is 0 Å². The Bertz CT molecular complexity index is 693. The van der Waals surface area contributed by atoms with Gasteiger partial charge in [-0.2, -0.15) is 0 Å². The van der Waals surface area contributed by atoms with Crippen molar-refractivity contribution >= 4 is 16.9 Å². The van der Waals surface area contributed by atoms with Gasteiger partial charge in [0.25, 0.3) is 0 Å². The summed E-state index contributed by atoms with van der Waals surface area (Å²) in [5, 5.41) is 4.07. The molecule has 4 nitrogen and oxygen atoms in total. The maximum Gasteiger partial charge on any atom is 0.224 e. The van der Waals surface area contributed by atoms with Gasteiger partial charge in [-0.15, -0.1) is 0 Å². The van der Waals surface area contributed by atoms with Gasteiger partial charge in [0, 0.05) is 36.1 Å². The summed E-state index contributed by atoms with van der Waals surface area (Å²) in [6.07, 6.45) is 2.07. The van der Waals surface area contributed by atoms with E-state index in [2.05, 4.69) is 57.8 Å². The van der Waals surface area contributed by atoms with Crippen molar-refractivity contribution < 1.29 is 9.21 Å². The maximum absolute atomic E-state index is 12.3. The minimum Gasteiger partial charge on any atom is -0.464 e. The molecule has 1 amide bonds. The van der Waals surface area contributed by atoms with E-state index in [1.807, 2.05) is 6.07 Å². The van der Waals surface area contributed by atoms with Crippen molar-refractivity contribution in [3.8, 4) is 0 Å². The summed E-state index contributed by atoms with van der Waals surface area (Å²) < 4.78 is 5.68. The smallest absolute Gasteiger partial charge is 0.224 e. The number of benzene rings is 1. The quantitative estimate of drug-likeness (QED) is 0.839. The highest BCUT2D eigenvalue weighted by Gasteiger charge is 2.15. The molecule has 0 atom stereocenters. The molecule has 24 heavy (non-hydrogen) atoms. The summed E-state index contributed by atoms with van der Waals surface area (Å²) in [6.45, 7) is 14.4. The van der Waals surface area contributed by atoms with Crippen molar-refractivity contribution in [2.45, 2.75) is 60.0 Å². The number of hydrogen-bond acceptors (Lipinski definition) is 3. The molecule has 0 saturated heterocycles. The molecule has 0 aliphatic heterocycles. The van der Waals surface area contributed by atoms with Gasteiger partial charge in [0.1, 0.15) is 5.58 Å². The predicted molar refractivity (Wildman–Crippen MR) is 99.4 cm³/mol. The molecule has 0 radical (unpaired) electrons. The third-order valence-corrected chi connectivity index (χ3v) is 4.71. The van der Waals surface area contributed by atoms with Crippen LogP contribution in [0, 0.1) is 13.8 Å². The topological polar surface area (TPSA) is 45.5 Å². The number of hydrogen-bond donors (Lipinski definition) is 1.